The summed E-state index contributed by atoms with van der Waals surface area (Å²) in [6.07, 6.45) is 2.26. The van der Waals surface area contributed by atoms with Crippen LogP contribution in [0.1, 0.15) is 25.1 Å². The Morgan fingerprint density at radius 2 is 2.00 bits per heavy atom. The number of anilines is 1. The molecule has 0 saturated heterocycles. The molecule has 23 heavy (non-hydrogen) atoms. The lowest BCUT2D eigenvalue weighted by Gasteiger charge is -2.02. The van der Waals surface area contributed by atoms with Crippen LogP contribution in [-0.2, 0) is 6.42 Å². The molecule has 0 atom stereocenters. The van der Waals surface area contributed by atoms with Crippen LogP contribution in [-0.4, -0.2) is 18.4 Å². The van der Waals surface area contributed by atoms with E-state index in [4.69, 9.17) is 4.42 Å². The molecule has 0 radical (unpaired) electrons. The summed E-state index contributed by atoms with van der Waals surface area (Å²) >= 11 is 2.91. The van der Waals surface area contributed by atoms with Gasteiger partial charge in [0.2, 0.25) is 0 Å². The number of carbonyl (C=O) groups excluding carboxylic acids is 2. The molecular weight excluding hydrogens is 332 g/mol. The molecule has 3 heterocycles. The van der Waals surface area contributed by atoms with E-state index >= 15 is 0 Å². The van der Waals surface area contributed by atoms with Gasteiger partial charge in [-0.25, -0.2) is 0 Å². The van der Waals surface area contributed by atoms with Crippen LogP contribution in [0, 0.1) is 0 Å². The van der Waals surface area contributed by atoms with Gasteiger partial charge in [0.1, 0.15) is 0 Å². The fourth-order valence-corrected chi connectivity index (χ4v) is 3.48. The van der Waals surface area contributed by atoms with Crippen LogP contribution >= 0.6 is 22.7 Å². The Kier molecular flexibility index (Phi) is 4.89. The van der Waals surface area contributed by atoms with Crippen LogP contribution in [0.3, 0.4) is 0 Å². The lowest BCUT2D eigenvalue weighted by atomic mass is 10.3. The molecule has 3 rings (SSSR count). The maximum atomic E-state index is 12.1. The molecule has 7 heteroatoms. The molecule has 0 unspecified atom stereocenters. The highest BCUT2D eigenvalue weighted by Gasteiger charge is 2.13. The van der Waals surface area contributed by atoms with Crippen LogP contribution in [0.4, 0.5) is 5.00 Å². The standard InChI is InChI=1S/C16H14N2O3S2/c19-15(12-4-1-9-21-12)18-14-6-5-13(23-14)16(20)17-8-7-11-3-2-10-22-11/h1-6,9-10H,7-8H2,(H,17,20)(H,18,19). The van der Waals surface area contributed by atoms with E-state index in [9.17, 15) is 9.59 Å². The van der Waals surface area contributed by atoms with Crippen LogP contribution in [0.25, 0.3) is 0 Å². The molecule has 5 nitrogen and oxygen atoms in total. The lowest BCUT2D eigenvalue weighted by molar-refractivity contribution is 0.0956. The highest BCUT2D eigenvalue weighted by Crippen LogP contribution is 2.22. The summed E-state index contributed by atoms with van der Waals surface area (Å²) < 4.78 is 5.02. The second-order valence-corrected chi connectivity index (χ2v) is 6.80. The first-order chi connectivity index (χ1) is 11.2. The van der Waals surface area contributed by atoms with Crippen molar-refractivity contribution in [2.75, 3.05) is 11.9 Å². The minimum atomic E-state index is -0.332. The Balaban J connectivity index is 1.51. The molecular formula is C16H14N2O3S2. The van der Waals surface area contributed by atoms with Crippen molar-refractivity contribution in [1.82, 2.24) is 5.32 Å². The number of thiophene rings is 2. The predicted molar refractivity (Wildman–Crippen MR) is 91.3 cm³/mol. The molecule has 0 bridgehead atoms. The quantitative estimate of drug-likeness (QED) is 0.716. The summed E-state index contributed by atoms with van der Waals surface area (Å²) in [5.74, 6) is -0.230. The fourth-order valence-electron chi connectivity index (χ4n) is 1.95. The van der Waals surface area contributed by atoms with Crippen molar-refractivity contribution in [2.24, 2.45) is 0 Å². The first kappa shape index (κ1) is 15.5. The zero-order chi connectivity index (χ0) is 16.1. The smallest absolute Gasteiger partial charge is 0.291 e. The number of amides is 2. The van der Waals surface area contributed by atoms with Gasteiger partial charge in [0.05, 0.1) is 16.1 Å². The maximum absolute atomic E-state index is 12.1. The van der Waals surface area contributed by atoms with Gasteiger partial charge in [-0.2, -0.15) is 0 Å². The van der Waals surface area contributed by atoms with E-state index in [1.54, 1.807) is 35.6 Å². The topological polar surface area (TPSA) is 71.3 Å². The van der Waals surface area contributed by atoms with E-state index in [0.717, 1.165) is 6.42 Å². The van der Waals surface area contributed by atoms with Gasteiger partial charge in [-0.3, -0.25) is 9.59 Å². The average Bonchev–Trinajstić information content (AvgIpc) is 3.29. The molecule has 2 amide bonds. The highest BCUT2D eigenvalue weighted by molar-refractivity contribution is 7.18. The fraction of sp³-hybridized carbons (Fsp3) is 0.125. The molecule has 118 valence electrons. The number of furan rings is 1. The normalized spacial score (nSPS) is 10.4. The van der Waals surface area contributed by atoms with Gasteiger partial charge in [0.25, 0.3) is 11.8 Å². The van der Waals surface area contributed by atoms with Crippen molar-refractivity contribution in [3.8, 4) is 0 Å². The first-order valence-electron chi connectivity index (χ1n) is 6.97. The molecule has 3 aromatic rings. The van der Waals surface area contributed by atoms with Crippen molar-refractivity contribution in [3.63, 3.8) is 0 Å². The first-order valence-corrected chi connectivity index (χ1v) is 8.67. The zero-order valence-corrected chi connectivity index (χ0v) is 13.7. The van der Waals surface area contributed by atoms with Gasteiger partial charge >= 0.3 is 0 Å². The summed E-state index contributed by atoms with van der Waals surface area (Å²) in [6.45, 7) is 0.589. The molecule has 0 aromatic carbocycles. The van der Waals surface area contributed by atoms with E-state index < -0.39 is 0 Å². The number of nitrogens with one attached hydrogen (secondary N) is 2. The van der Waals surface area contributed by atoms with Gasteiger partial charge in [-0.05, 0) is 42.1 Å². The molecule has 0 aliphatic rings. The van der Waals surface area contributed by atoms with Crippen molar-refractivity contribution in [1.29, 1.82) is 0 Å². The van der Waals surface area contributed by atoms with Crippen LogP contribution < -0.4 is 10.6 Å². The van der Waals surface area contributed by atoms with Crippen molar-refractivity contribution in [3.05, 3.63) is 63.6 Å². The van der Waals surface area contributed by atoms with Crippen molar-refractivity contribution in [2.45, 2.75) is 6.42 Å². The van der Waals surface area contributed by atoms with E-state index in [-0.39, 0.29) is 17.6 Å². The zero-order valence-electron chi connectivity index (χ0n) is 12.1. The molecule has 3 aromatic heterocycles. The van der Waals surface area contributed by atoms with Gasteiger partial charge in [-0.1, -0.05) is 6.07 Å². The second-order valence-electron chi connectivity index (χ2n) is 4.68. The number of hydrogen-bond acceptors (Lipinski definition) is 5. The lowest BCUT2D eigenvalue weighted by Crippen LogP contribution is -2.24. The third-order valence-corrected chi connectivity index (χ3v) is 4.98. The van der Waals surface area contributed by atoms with Crippen LogP contribution in [0.2, 0.25) is 0 Å². The third kappa shape index (κ3) is 4.08. The van der Waals surface area contributed by atoms with E-state index in [2.05, 4.69) is 10.6 Å². The number of hydrogen-bond donors (Lipinski definition) is 2. The Hall–Kier alpha value is -2.38. The third-order valence-electron chi connectivity index (χ3n) is 3.05. The minimum absolute atomic E-state index is 0.134. The maximum Gasteiger partial charge on any atom is 0.291 e. The number of carbonyl (C=O) groups is 2. The second kappa shape index (κ2) is 7.26. The minimum Gasteiger partial charge on any atom is -0.459 e. The molecule has 0 aliphatic heterocycles. The highest BCUT2D eigenvalue weighted by atomic mass is 32.1. The largest absolute Gasteiger partial charge is 0.459 e. The molecule has 0 spiro atoms. The SMILES string of the molecule is O=C(Nc1ccc(C(=O)NCCc2cccs2)s1)c1ccco1. The molecule has 2 N–H and O–H groups in total. The Bertz CT molecular complexity index is 776. The van der Waals surface area contributed by atoms with Gasteiger partial charge in [0, 0.05) is 11.4 Å². The summed E-state index contributed by atoms with van der Waals surface area (Å²) in [5, 5.41) is 8.21. The van der Waals surface area contributed by atoms with Crippen molar-refractivity contribution >= 4 is 39.5 Å². The van der Waals surface area contributed by atoms with Crippen molar-refractivity contribution < 1.29 is 14.0 Å². The van der Waals surface area contributed by atoms with Crippen LogP contribution in [0.15, 0.2) is 52.5 Å². The summed E-state index contributed by atoms with van der Waals surface area (Å²) in [6, 6.07) is 10.7. The Labute approximate surface area is 141 Å². The Morgan fingerprint density at radius 3 is 2.74 bits per heavy atom. The van der Waals surface area contributed by atoms with Gasteiger partial charge < -0.3 is 15.1 Å². The molecule has 0 aliphatic carbocycles. The molecule has 0 saturated carbocycles. The predicted octanol–water partition coefficient (Wildman–Crippen LogP) is 3.63. The average molecular weight is 346 g/mol. The van der Waals surface area contributed by atoms with Crippen LogP contribution in [0.5, 0.6) is 0 Å². The summed E-state index contributed by atoms with van der Waals surface area (Å²) in [5.41, 5.74) is 0. The molecule has 0 fully saturated rings. The van der Waals surface area contributed by atoms with Gasteiger partial charge in [-0.15, -0.1) is 22.7 Å². The summed E-state index contributed by atoms with van der Waals surface area (Å²) in [7, 11) is 0. The van der Waals surface area contributed by atoms with Gasteiger partial charge in [0.15, 0.2) is 5.76 Å². The Morgan fingerprint density at radius 1 is 1.09 bits per heavy atom. The van der Waals surface area contributed by atoms with E-state index in [0.29, 0.717) is 16.4 Å². The van der Waals surface area contributed by atoms with E-state index in [1.807, 2.05) is 17.5 Å². The monoisotopic (exact) mass is 346 g/mol. The number of rotatable bonds is 6. The van der Waals surface area contributed by atoms with E-state index in [1.165, 1.54) is 22.5 Å². The summed E-state index contributed by atoms with van der Waals surface area (Å²) in [4.78, 5) is 25.7.